The van der Waals surface area contributed by atoms with Crippen LogP contribution in [0.5, 0.6) is 0 Å². The summed E-state index contributed by atoms with van der Waals surface area (Å²) in [6.45, 7) is 4.03. The lowest BCUT2D eigenvalue weighted by molar-refractivity contribution is 0.372. The van der Waals surface area contributed by atoms with Gasteiger partial charge in [-0.2, -0.15) is 0 Å². The number of pyridine rings is 1. The average molecular weight is 521 g/mol. The van der Waals surface area contributed by atoms with Gasteiger partial charge >= 0.3 is 0 Å². The Bertz CT molecular complexity index is 952. The zero-order valence-corrected chi connectivity index (χ0v) is 19.1. The Balaban J connectivity index is 0.00000256. The highest BCUT2D eigenvalue weighted by Gasteiger charge is 2.20. The van der Waals surface area contributed by atoms with E-state index in [0.717, 1.165) is 49.2 Å². The van der Waals surface area contributed by atoms with Crippen LogP contribution in [0.3, 0.4) is 0 Å². The topological polar surface area (TPSA) is 61.6 Å². The highest BCUT2D eigenvalue weighted by molar-refractivity contribution is 14.0. The van der Waals surface area contributed by atoms with E-state index in [1.54, 1.807) is 25.8 Å². The molecule has 0 saturated carbocycles. The summed E-state index contributed by atoms with van der Waals surface area (Å²) in [5.74, 6) is 1.51. The molecule has 0 unspecified atom stereocenters. The van der Waals surface area contributed by atoms with Crippen molar-refractivity contribution in [2.45, 2.75) is 6.54 Å². The molecule has 0 radical (unpaired) electrons. The van der Waals surface area contributed by atoms with Crippen LogP contribution in [-0.4, -0.2) is 58.6 Å². The number of guanidine groups is 1. The lowest BCUT2D eigenvalue weighted by atomic mass is 10.2. The standard InChI is InChI=1S/C21H24FN7.HI/c1-23-21(26-15-17-3-2-8-25-20(17)29-10-9-24-16-29)28-13-11-27(12-14-28)19-6-4-18(22)5-7-19;/h2-10,16H,11-15H2,1H3,(H,23,26);1H. The summed E-state index contributed by atoms with van der Waals surface area (Å²) in [5.41, 5.74) is 2.12. The van der Waals surface area contributed by atoms with E-state index in [9.17, 15) is 4.39 Å². The highest BCUT2D eigenvalue weighted by Crippen LogP contribution is 2.17. The number of hydrogen-bond acceptors (Lipinski definition) is 4. The maximum absolute atomic E-state index is 13.2. The van der Waals surface area contributed by atoms with Crippen LogP contribution in [-0.2, 0) is 6.54 Å². The predicted octanol–water partition coefficient (Wildman–Crippen LogP) is 2.92. The number of nitrogens with one attached hydrogen (secondary N) is 1. The third-order valence-corrected chi connectivity index (χ3v) is 5.04. The molecule has 1 saturated heterocycles. The van der Waals surface area contributed by atoms with E-state index in [2.05, 4.69) is 36.1 Å². The van der Waals surface area contributed by atoms with Crippen LogP contribution in [0.15, 0.2) is 66.3 Å². The summed E-state index contributed by atoms with van der Waals surface area (Å²) < 4.78 is 15.1. The number of aromatic nitrogens is 3. The van der Waals surface area contributed by atoms with Crippen LogP contribution in [0.1, 0.15) is 5.56 Å². The molecule has 3 aromatic rings. The number of imidazole rings is 1. The largest absolute Gasteiger partial charge is 0.368 e. The van der Waals surface area contributed by atoms with Gasteiger partial charge in [0, 0.05) is 69.6 Å². The molecule has 0 amide bonds. The van der Waals surface area contributed by atoms with Gasteiger partial charge in [-0.15, -0.1) is 24.0 Å². The fraction of sp³-hybridized carbons (Fsp3) is 0.286. The monoisotopic (exact) mass is 521 g/mol. The molecule has 4 rings (SSSR count). The first-order chi connectivity index (χ1) is 14.2. The third kappa shape index (κ3) is 5.07. The second-order valence-electron chi connectivity index (χ2n) is 6.81. The first-order valence-electron chi connectivity index (χ1n) is 9.63. The Morgan fingerprint density at radius 1 is 1.10 bits per heavy atom. The average Bonchev–Trinajstić information content (AvgIpc) is 3.30. The molecule has 30 heavy (non-hydrogen) atoms. The lowest BCUT2D eigenvalue weighted by Gasteiger charge is -2.37. The molecule has 0 aliphatic carbocycles. The van der Waals surface area contributed by atoms with Crippen molar-refractivity contribution in [2.75, 3.05) is 38.1 Å². The summed E-state index contributed by atoms with van der Waals surface area (Å²) in [4.78, 5) is 17.6. The number of nitrogens with zero attached hydrogens (tertiary/aromatic N) is 6. The van der Waals surface area contributed by atoms with E-state index in [1.165, 1.54) is 12.1 Å². The van der Waals surface area contributed by atoms with Gasteiger partial charge in [0.1, 0.15) is 18.0 Å². The van der Waals surface area contributed by atoms with Gasteiger partial charge in [-0.25, -0.2) is 14.4 Å². The van der Waals surface area contributed by atoms with E-state index in [4.69, 9.17) is 0 Å². The number of piperazine rings is 1. The van der Waals surface area contributed by atoms with Gasteiger partial charge in [0.15, 0.2) is 5.96 Å². The highest BCUT2D eigenvalue weighted by atomic mass is 127. The van der Waals surface area contributed by atoms with Crippen LogP contribution in [0.25, 0.3) is 5.82 Å². The smallest absolute Gasteiger partial charge is 0.194 e. The summed E-state index contributed by atoms with van der Waals surface area (Å²) >= 11 is 0. The molecule has 1 aliphatic heterocycles. The normalized spacial score (nSPS) is 14.4. The lowest BCUT2D eigenvalue weighted by Crippen LogP contribution is -2.52. The molecular formula is C21H25FIN7. The molecule has 0 spiro atoms. The molecule has 1 aromatic carbocycles. The van der Waals surface area contributed by atoms with Gasteiger partial charge in [0.2, 0.25) is 0 Å². The van der Waals surface area contributed by atoms with E-state index in [1.807, 2.05) is 29.0 Å². The molecule has 0 bridgehead atoms. The molecule has 1 fully saturated rings. The van der Waals surface area contributed by atoms with Gasteiger partial charge < -0.3 is 15.1 Å². The maximum atomic E-state index is 13.2. The Hall–Kier alpha value is -2.69. The summed E-state index contributed by atoms with van der Waals surface area (Å²) in [7, 11) is 1.80. The van der Waals surface area contributed by atoms with Gasteiger partial charge in [-0.05, 0) is 30.3 Å². The quantitative estimate of drug-likeness (QED) is 0.325. The van der Waals surface area contributed by atoms with Crippen molar-refractivity contribution in [3.8, 4) is 5.82 Å². The SMILES string of the molecule is CN=C(NCc1cccnc1-n1ccnc1)N1CCN(c2ccc(F)cc2)CC1.I. The first-order valence-corrected chi connectivity index (χ1v) is 9.63. The number of anilines is 1. The number of halogens is 2. The number of aliphatic imine (C=N–C) groups is 1. The van der Waals surface area contributed by atoms with Crippen LogP contribution in [0, 0.1) is 5.82 Å². The van der Waals surface area contributed by atoms with Crippen molar-refractivity contribution in [1.82, 2.24) is 24.8 Å². The molecule has 7 nitrogen and oxygen atoms in total. The molecule has 2 aromatic heterocycles. The predicted molar refractivity (Wildman–Crippen MR) is 127 cm³/mol. The second-order valence-corrected chi connectivity index (χ2v) is 6.81. The summed E-state index contributed by atoms with van der Waals surface area (Å²) in [6.07, 6.45) is 7.15. The number of hydrogen-bond donors (Lipinski definition) is 1. The van der Waals surface area contributed by atoms with Crippen LogP contribution in [0.4, 0.5) is 10.1 Å². The fourth-order valence-electron chi connectivity index (χ4n) is 3.52. The van der Waals surface area contributed by atoms with Gasteiger partial charge in [-0.3, -0.25) is 9.56 Å². The van der Waals surface area contributed by atoms with Crippen molar-refractivity contribution in [2.24, 2.45) is 4.99 Å². The van der Waals surface area contributed by atoms with Gasteiger partial charge in [-0.1, -0.05) is 6.07 Å². The summed E-state index contributed by atoms with van der Waals surface area (Å²) in [6, 6.07) is 10.7. The van der Waals surface area contributed by atoms with Crippen molar-refractivity contribution >= 4 is 35.6 Å². The Morgan fingerprint density at radius 2 is 1.87 bits per heavy atom. The minimum Gasteiger partial charge on any atom is -0.368 e. The first kappa shape index (κ1) is 22.0. The van der Waals surface area contributed by atoms with E-state index in [0.29, 0.717) is 6.54 Å². The van der Waals surface area contributed by atoms with E-state index < -0.39 is 0 Å². The zero-order chi connectivity index (χ0) is 20.1. The zero-order valence-electron chi connectivity index (χ0n) is 16.8. The Kier molecular flexibility index (Phi) is 7.61. The maximum Gasteiger partial charge on any atom is 0.194 e. The van der Waals surface area contributed by atoms with Gasteiger partial charge in [0.05, 0.1) is 0 Å². The van der Waals surface area contributed by atoms with E-state index in [-0.39, 0.29) is 29.8 Å². The molecule has 9 heteroatoms. The van der Waals surface area contributed by atoms with Crippen molar-refractivity contribution in [1.29, 1.82) is 0 Å². The van der Waals surface area contributed by atoms with E-state index >= 15 is 0 Å². The van der Waals surface area contributed by atoms with Crippen molar-refractivity contribution < 1.29 is 4.39 Å². The van der Waals surface area contributed by atoms with Gasteiger partial charge in [0.25, 0.3) is 0 Å². The third-order valence-electron chi connectivity index (χ3n) is 5.04. The molecular weight excluding hydrogens is 496 g/mol. The molecule has 3 heterocycles. The minimum absolute atomic E-state index is 0. The Morgan fingerprint density at radius 3 is 2.53 bits per heavy atom. The molecule has 0 atom stereocenters. The van der Waals surface area contributed by atoms with Crippen LogP contribution < -0.4 is 10.2 Å². The molecule has 158 valence electrons. The minimum atomic E-state index is -0.206. The number of benzene rings is 1. The second kappa shape index (κ2) is 10.4. The summed E-state index contributed by atoms with van der Waals surface area (Å²) in [5, 5.41) is 3.45. The number of rotatable bonds is 4. The van der Waals surface area contributed by atoms with Crippen molar-refractivity contribution in [3.63, 3.8) is 0 Å². The molecule has 1 aliphatic rings. The fourth-order valence-corrected chi connectivity index (χ4v) is 3.52. The van der Waals surface area contributed by atoms with Crippen LogP contribution >= 0.6 is 24.0 Å². The molecule has 1 N–H and O–H groups in total. The Labute approximate surface area is 192 Å². The van der Waals surface area contributed by atoms with Crippen LogP contribution in [0.2, 0.25) is 0 Å². The van der Waals surface area contributed by atoms with Crippen molar-refractivity contribution in [3.05, 3.63) is 72.7 Å².